The first-order valence-corrected chi connectivity index (χ1v) is 6.83. The fourth-order valence-corrected chi connectivity index (χ4v) is 2.62. The van der Waals surface area contributed by atoms with Gasteiger partial charge in [0.05, 0.1) is 5.52 Å². The molecule has 3 aromatic rings. The van der Waals surface area contributed by atoms with Crippen LogP contribution in [0.3, 0.4) is 0 Å². The lowest BCUT2D eigenvalue weighted by molar-refractivity contribution is 0.751. The van der Waals surface area contributed by atoms with Crippen LogP contribution in [0.5, 0.6) is 0 Å². The molecular formula is C15H15ClN4. The van der Waals surface area contributed by atoms with Crippen molar-refractivity contribution < 1.29 is 0 Å². The van der Waals surface area contributed by atoms with Gasteiger partial charge in [0.2, 0.25) is 5.28 Å². The third-order valence-electron chi connectivity index (χ3n) is 3.46. The molecule has 2 heterocycles. The predicted molar refractivity (Wildman–Crippen MR) is 80.0 cm³/mol. The molecule has 2 aromatic heterocycles. The SMILES string of the molecule is Cc1cc(Cc2ccc3c(C)n(C)nc3c2)nc(Cl)n1. The maximum Gasteiger partial charge on any atom is 0.222 e. The molecule has 0 radical (unpaired) electrons. The molecule has 0 bridgehead atoms. The third-order valence-corrected chi connectivity index (χ3v) is 3.63. The van der Waals surface area contributed by atoms with Crippen LogP contribution in [-0.4, -0.2) is 19.7 Å². The second kappa shape index (κ2) is 4.87. The second-order valence-electron chi connectivity index (χ2n) is 5.01. The Bertz CT molecular complexity index is 772. The van der Waals surface area contributed by atoms with Crippen LogP contribution in [0.4, 0.5) is 0 Å². The van der Waals surface area contributed by atoms with E-state index < -0.39 is 0 Å². The fourth-order valence-electron chi connectivity index (χ4n) is 2.38. The molecule has 3 rings (SSSR count). The standard InChI is InChI=1S/C15H15ClN4/c1-9-6-12(18-15(16)17-9)7-11-4-5-13-10(2)20(3)19-14(13)8-11/h4-6,8H,7H2,1-3H3. The van der Waals surface area contributed by atoms with Gasteiger partial charge in [0.1, 0.15) is 0 Å². The number of hydrogen-bond acceptors (Lipinski definition) is 3. The highest BCUT2D eigenvalue weighted by atomic mass is 35.5. The van der Waals surface area contributed by atoms with Crippen LogP contribution in [-0.2, 0) is 13.5 Å². The van der Waals surface area contributed by atoms with Crippen LogP contribution in [0, 0.1) is 13.8 Å². The monoisotopic (exact) mass is 286 g/mol. The van der Waals surface area contributed by atoms with Gasteiger partial charge < -0.3 is 0 Å². The zero-order valence-corrected chi connectivity index (χ0v) is 12.4. The van der Waals surface area contributed by atoms with Gasteiger partial charge in [-0.3, -0.25) is 4.68 Å². The van der Waals surface area contributed by atoms with E-state index in [1.165, 1.54) is 16.6 Å². The summed E-state index contributed by atoms with van der Waals surface area (Å²) in [6.07, 6.45) is 0.731. The molecule has 0 aliphatic heterocycles. The van der Waals surface area contributed by atoms with E-state index in [0.29, 0.717) is 5.28 Å². The molecule has 0 N–H and O–H groups in total. The molecule has 20 heavy (non-hydrogen) atoms. The highest BCUT2D eigenvalue weighted by molar-refractivity contribution is 6.28. The van der Waals surface area contributed by atoms with Crippen LogP contribution in [0.2, 0.25) is 5.28 Å². The Morgan fingerprint density at radius 3 is 2.70 bits per heavy atom. The van der Waals surface area contributed by atoms with Crippen molar-refractivity contribution >= 4 is 22.5 Å². The minimum atomic E-state index is 0.301. The summed E-state index contributed by atoms with van der Waals surface area (Å²) in [5, 5.41) is 6.00. The number of aromatic nitrogens is 4. The Labute approximate surface area is 122 Å². The topological polar surface area (TPSA) is 43.6 Å². The Morgan fingerprint density at radius 2 is 1.95 bits per heavy atom. The van der Waals surface area contributed by atoms with Crippen molar-refractivity contribution in [1.82, 2.24) is 19.7 Å². The van der Waals surface area contributed by atoms with Gasteiger partial charge in [-0.1, -0.05) is 12.1 Å². The summed E-state index contributed by atoms with van der Waals surface area (Å²) in [5.74, 6) is 0. The molecule has 1 aromatic carbocycles. The lowest BCUT2D eigenvalue weighted by Gasteiger charge is -2.03. The minimum Gasteiger partial charge on any atom is -0.272 e. The van der Waals surface area contributed by atoms with Crippen molar-refractivity contribution in [2.45, 2.75) is 20.3 Å². The highest BCUT2D eigenvalue weighted by Crippen LogP contribution is 2.20. The maximum atomic E-state index is 5.90. The zero-order valence-electron chi connectivity index (χ0n) is 11.7. The number of aryl methyl sites for hydroxylation is 3. The second-order valence-corrected chi connectivity index (χ2v) is 5.35. The van der Waals surface area contributed by atoms with Gasteiger partial charge in [-0.05, 0) is 43.1 Å². The average Bonchev–Trinajstić information content (AvgIpc) is 2.63. The number of rotatable bonds is 2. The first-order chi connectivity index (χ1) is 9.52. The smallest absolute Gasteiger partial charge is 0.222 e. The summed E-state index contributed by atoms with van der Waals surface area (Å²) in [5.41, 5.74) is 5.17. The molecule has 102 valence electrons. The van der Waals surface area contributed by atoms with Crippen molar-refractivity contribution in [3.05, 3.63) is 52.2 Å². The molecule has 0 amide bonds. The van der Waals surface area contributed by atoms with Gasteiger partial charge in [-0.25, -0.2) is 9.97 Å². The van der Waals surface area contributed by atoms with Gasteiger partial charge in [-0.15, -0.1) is 0 Å². The molecule has 0 saturated heterocycles. The average molecular weight is 287 g/mol. The van der Waals surface area contributed by atoms with Gasteiger partial charge in [0.25, 0.3) is 0 Å². The van der Waals surface area contributed by atoms with Gasteiger partial charge in [0.15, 0.2) is 0 Å². The third kappa shape index (κ3) is 2.39. The summed E-state index contributed by atoms with van der Waals surface area (Å²) < 4.78 is 1.90. The molecule has 0 unspecified atom stereocenters. The molecular weight excluding hydrogens is 272 g/mol. The first-order valence-electron chi connectivity index (χ1n) is 6.45. The van der Waals surface area contributed by atoms with Crippen LogP contribution in [0.15, 0.2) is 24.3 Å². The number of benzene rings is 1. The van der Waals surface area contributed by atoms with Crippen molar-refractivity contribution in [2.24, 2.45) is 7.05 Å². The molecule has 0 aliphatic carbocycles. The van der Waals surface area contributed by atoms with Crippen LogP contribution >= 0.6 is 11.6 Å². The highest BCUT2D eigenvalue weighted by Gasteiger charge is 2.07. The fraction of sp³-hybridized carbons (Fsp3) is 0.267. The number of hydrogen-bond donors (Lipinski definition) is 0. The Balaban J connectivity index is 1.98. The Morgan fingerprint density at radius 1 is 1.15 bits per heavy atom. The summed E-state index contributed by atoms with van der Waals surface area (Å²) in [6, 6.07) is 8.29. The normalized spacial score (nSPS) is 11.2. The van der Waals surface area contributed by atoms with Crippen molar-refractivity contribution in [1.29, 1.82) is 0 Å². The zero-order chi connectivity index (χ0) is 14.3. The summed E-state index contributed by atoms with van der Waals surface area (Å²) in [4.78, 5) is 8.34. The van der Waals surface area contributed by atoms with Crippen LogP contribution < -0.4 is 0 Å². The largest absolute Gasteiger partial charge is 0.272 e. The quantitative estimate of drug-likeness (QED) is 0.679. The van der Waals surface area contributed by atoms with E-state index in [-0.39, 0.29) is 0 Å². The molecule has 0 spiro atoms. The molecule has 0 saturated carbocycles. The van der Waals surface area contributed by atoms with Gasteiger partial charge >= 0.3 is 0 Å². The molecule has 0 fully saturated rings. The van der Waals surface area contributed by atoms with Crippen molar-refractivity contribution in [2.75, 3.05) is 0 Å². The van der Waals surface area contributed by atoms with Crippen molar-refractivity contribution in [3.63, 3.8) is 0 Å². The number of halogens is 1. The van der Waals surface area contributed by atoms with E-state index in [1.54, 1.807) is 0 Å². The predicted octanol–water partition coefficient (Wildman–Crippen LogP) is 3.22. The summed E-state index contributed by atoms with van der Waals surface area (Å²) in [6.45, 7) is 3.99. The number of fused-ring (bicyclic) bond motifs is 1. The van der Waals surface area contributed by atoms with Crippen LogP contribution in [0.25, 0.3) is 10.9 Å². The Kier molecular flexibility index (Phi) is 3.18. The van der Waals surface area contributed by atoms with Gasteiger partial charge in [0, 0.05) is 35.9 Å². The van der Waals surface area contributed by atoms with E-state index in [0.717, 1.165) is 23.3 Å². The minimum absolute atomic E-state index is 0.301. The summed E-state index contributed by atoms with van der Waals surface area (Å²) in [7, 11) is 1.96. The van der Waals surface area contributed by atoms with E-state index in [1.807, 2.05) is 24.7 Å². The molecule has 4 nitrogen and oxygen atoms in total. The summed E-state index contributed by atoms with van der Waals surface area (Å²) >= 11 is 5.90. The lowest BCUT2D eigenvalue weighted by atomic mass is 10.1. The van der Waals surface area contributed by atoms with Crippen LogP contribution in [0.1, 0.15) is 22.6 Å². The molecule has 0 atom stereocenters. The number of nitrogens with zero attached hydrogens (tertiary/aromatic N) is 4. The van der Waals surface area contributed by atoms with E-state index >= 15 is 0 Å². The van der Waals surface area contributed by atoms with Gasteiger partial charge in [-0.2, -0.15) is 5.10 Å². The molecule has 0 aliphatic rings. The van der Waals surface area contributed by atoms with E-state index in [4.69, 9.17) is 11.6 Å². The first kappa shape index (κ1) is 13.1. The Hall–Kier alpha value is -1.94. The molecule has 5 heteroatoms. The van der Waals surface area contributed by atoms with Crippen molar-refractivity contribution in [3.8, 4) is 0 Å². The maximum absolute atomic E-state index is 5.90. The lowest BCUT2D eigenvalue weighted by Crippen LogP contribution is -1.96. The van der Waals surface area contributed by atoms with E-state index in [2.05, 4.69) is 40.2 Å². The van der Waals surface area contributed by atoms with E-state index in [9.17, 15) is 0 Å².